The van der Waals surface area contributed by atoms with Crippen LogP contribution in [0, 0.1) is 11.2 Å². The lowest BCUT2D eigenvalue weighted by atomic mass is 9.92. The molecular formula is C14H19FN2O3. The van der Waals surface area contributed by atoms with Crippen molar-refractivity contribution in [1.82, 2.24) is 5.32 Å². The van der Waals surface area contributed by atoms with Gasteiger partial charge < -0.3 is 15.7 Å². The summed E-state index contributed by atoms with van der Waals surface area (Å²) in [7, 11) is 0. The number of hydrogen-bond acceptors (Lipinski definition) is 2. The lowest BCUT2D eigenvalue weighted by Crippen LogP contribution is -2.31. The van der Waals surface area contributed by atoms with Gasteiger partial charge in [0.2, 0.25) is 0 Å². The highest BCUT2D eigenvalue weighted by atomic mass is 19.1. The molecule has 0 aromatic heterocycles. The number of rotatable bonds is 4. The van der Waals surface area contributed by atoms with Crippen LogP contribution >= 0.6 is 0 Å². The maximum absolute atomic E-state index is 13.5. The standard InChI is InChI=1S/C14H19FN2O3/c1-14(2,3)6-7-16-13(20)17-11-8-9(12(18)19)4-5-10(11)15/h4-5,8H,6-7H2,1-3H3,(H,18,19)(H2,16,17,20). The number of carbonyl (C=O) groups excluding carboxylic acids is 1. The second-order valence-electron chi connectivity index (χ2n) is 5.69. The van der Waals surface area contributed by atoms with E-state index in [1.54, 1.807) is 0 Å². The molecule has 5 nitrogen and oxygen atoms in total. The molecule has 20 heavy (non-hydrogen) atoms. The normalized spacial score (nSPS) is 11.0. The first-order valence-electron chi connectivity index (χ1n) is 6.27. The van der Waals surface area contributed by atoms with Gasteiger partial charge in [0.25, 0.3) is 0 Å². The molecule has 0 fully saturated rings. The van der Waals surface area contributed by atoms with Crippen molar-refractivity contribution in [2.75, 3.05) is 11.9 Å². The summed E-state index contributed by atoms with van der Waals surface area (Å²) in [5, 5.41) is 13.7. The first-order valence-corrected chi connectivity index (χ1v) is 6.27. The van der Waals surface area contributed by atoms with Crippen molar-refractivity contribution in [2.45, 2.75) is 27.2 Å². The van der Waals surface area contributed by atoms with Crippen molar-refractivity contribution < 1.29 is 19.1 Å². The quantitative estimate of drug-likeness (QED) is 0.794. The lowest BCUT2D eigenvalue weighted by molar-refractivity contribution is 0.0697. The highest BCUT2D eigenvalue weighted by Gasteiger charge is 2.13. The number of hydrogen-bond donors (Lipinski definition) is 3. The van der Waals surface area contributed by atoms with Gasteiger partial charge in [-0.15, -0.1) is 0 Å². The number of anilines is 1. The van der Waals surface area contributed by atoms with Crippen LogP contribution in [-0.2, 0) is 0 Å². The number of amides is 2. The summed E-state index contributed by atoms with van der Waals surface area (Å²) in [6.07, 6.45) is 0.776. The van der Waals surface area contributed by atoms with E-state index in [-0.39, 0.29) is 16.7 Å². The first-order chi connectivity index (χ1) is 9.19. The number of carboxylic acids is 1. The fourth-order valence-corrected chi connectivity index (χ4v) is 1.47. The summed E-state index contributed by atoms with van der Waals surface area (Å²) >= 11 is 0. The molecule has 1 aromatic carbocycles. The topological polar surface area (TPSA) is 78.4 Å². The van der Waals surface area contributed by atoms with Crippen LogP contribution in [0.25, 0.3) is 0 Å². The van der Waals surface area contributed by atoms with Gasteiger partial charge in [0, 0.05) is 6.54 Å². The SMILES string of the molecule is CC(C)(C)CCNC(=O)Nc1cc(C(=O)O)ccc1F. The summed E-state index contributed by atoms with van der Waals surface area (Å²) in [5.41, 5.74) is -0.156. The zero-order valence-electron chi connectivity index (χ0n) is 11.8. The summed E-state index contributed by atoms with van der Waals surface area (Å²) in [6.45, 7) is 6.59. The third kappa shape index (κ3) is 5.26. The molecule has 0 saturated carbocycles. The molecule has 1 rings (SSSR count). The van der Waals surface area contributed by atoms with Crippen molar-refractivity contribution in [2.24, 2.45) is 5.41 Å². The number of carboxylic acid groups (broad SMARTS) is 1. The van der Waals surface area contributed by atoms with E-state index in [4.69, 9.17) is 5.11 Å². The minimum atomic E-state index is -1.18. The van der Waals surface area contributed by atoms with E-state index in [2.05, 4.69) is 10.6 Å². The second-order valence-corrected chi connectivity index (χ2v) is 5.69. The van der Waals surface area contributed by atoms with E-state index in [1.807, 2.05) is 20.8 Å². The molecule has 0 bridgehead atoms. The van der Waals surface area contributed by atoms with Gasteiger partial charge in [-0.3, -0.25) is 0 Å². The predicted molar refractivity (Wildman–Crippen MR) is 74.5 cm³/mol. The van der Waals surface area contributed by atoms with Crippen LogP contribution in [0.4, 0.5) is 14.9 Å². The molecule has 0 aliphatic carbocycles. The molecule has 0 aliphatic heterocycles. The van der Waals surface area contributed by atoms with Gasteiger partial charge in [0.15, 0.2) is 0 Å². The Morgan fingerprint density at radius 1 is 1.30 bits per heavy atom. The average molecular weight is 282 g/mol. The third-order valence-electron chi connectivity index (χ3n) is 2.62. The minimum Gasteiger partial charge on any atom is -0.478 e. The van der Waals surface area contributed by atoms with Crippen LogP contribution < -0.4 is 10.6 Å². The number of halogens is 1. The van der Waals surface area contributed by atoms with E-state index in [1.165, 1.54) is 0 Å². The Morgan fingerprint density at radius 3 is 2.50 bits per heavy atom. The Morgan fingerprint density at radius 2 is 1.95 bits per heavy atom. The smallest absolute Gasteiger partial charge is 0.335 e. The summed E-state index contributed by atoms with van der Waals surface area (Å²) in [5.74, 6) is -1.86. The summed E-state index contributed by atoms with van der Waals surface area (Å²) in [4.78, 5) is 22.4. The molecule has 0 aliphatic rings. The number of nitrogens with one attached hydrogen (secondary N) is 2. The van der Waals surface area contributed by atoms with Crippen molar-refractivity contribution in [3.05, 3.63) is 29.6 Å². The maximum atomic E-state index is 13.5. The van der Waals surface area contributed by atoms with Gasteiger partial charge in [0.1, 0.15) is 5.82 Å². The third-order valence-corrected chi connectivity index (χ3v) is 2.62. The molecule has 1 aromatic rings. The second kappa shape index (κ2) is 6.36. The van der Waals surface area contributed by atoms with Crippen molar-refractivity contribution in [3.8, 4) is 0 Å². The minimum absolute atomic E-state index is 0.0851. The molecule has 110 valence electrons. The van der Waals surface area contributed by atoms with Crippen molar-refractivity contribution in [1.29, 1.82) is 0 Å². The van der Waals surface area contributed by atoms with Gasteiger partial charge in [-0.1, -0.05) is 20.8 Å². The van der Waals surface area contributed by atoms with Crippen LogP contribution in [0.5, 0.6) is 0 Å². The fourth-order valence-electron chi connectivity index (χ4n) is 1.47. The lowest BCUT2D eigenvalue weighted by Gasteiger charge is -2.18. The molecule has 0 saturated heterocycles. The Balaban J connectivity index is 2.62. The van der Waals surface area contributed by atoms with Crippen LogP contribution in [0.15, 0.2) is 18.2 Å². The van der Waals surface area contributed by atoms with Gasteiger partial charge in [-0.05, 0) is 30.0 Å². The Kier molecular flexibility index (Phi) is 5.07. The molecule has 0 radical (unpaired) electrons. The van der Waals surface area contributed by atoms with E-state index in [0.717, 1.165) is 24.6 Å². The summed E-state index contributed by atoms with van der Waals surface area (Å²) < 4.78 is 13.5. The predicted octanol–water partition coefficient (Wildman–Crippen LogP) is 3.08. The zero-order valence-corrected chi connectivity index (χ0v) is 11.8. The van der Waals surface area contributed by atoms with Crippen LogP contribution in [0.2, 0.25) is 0 Å². The molecule has 0 spiro atoms. The zero-order chi connectivity index (χ0) is 15.3. The Bertz CT molecular complexity index is 510. The van der Waals surface area contributed by atoms with Gasteiger partial charge in [-0.25, -0.2) is 14.0 Å². The highest BCUT2D eigenvalue weighted by molar-refractivity contribution is 5.93. The fraction of sp³-hybridized carbons (Fsp3) is 0.429. The molecule has 0 atom stereocenters. The molecule has 3 N–H and O–H groups in total. The van der Waals surface area contributed by atoms with Crippen LogP contribution in [-0.4, -0.2) is 23.7 Å². The number of aromatic carboxylic acids is 1. The molecular weight excluding hydrogens is 263 g/mol. The first kappa shape index (κ1) is 15.9. The highest BCUT2D eigenvalue weighted by Crippen LogP contribution is 2.18. The van der Waals surface area contributed by atoms with Gasteiger partial charge in [-0.2, -0.15) is 0 Å². The molecule has 0 heterocycles. The van der Waals surface area contributed by atoms with E-state index in [0.29, 0.717) is 6.54 Å². The largest absolute Gasteiger partial charge is 0.478 e. The Labute approximate surface area is 117 Å². The molecule has 0 unspecified atom stereocenters. The van der Waals surface area contributed by atoms with E-state index >= 15 is 0 Å². The van der Waals surface area contributed by atoms with Crippen molar-refractivity contribution in [3.63, 3.8) is 0 Å². The average Bonchev–Trinajstić information content (AvgIpc) is 2.30. The van der Waals surface area contributed by atoms with Crippen LogP contribution in [0.1, 0.15) is 37.6 Å². The Hall–Kier alpha value is -2.11. The maximum Gasteiger partial charge on any atom is 0.335 e. The summed E-state index contributed by atoms with van der Waals surface area (Å²) in [6, 6.07) is 2.67. The number of carbonyl (C=O) groups is 2. The van der Waals surface area contributed by atoms with Gasteiger partial charge >= 0.3 is 12.0 Å². The number of benzene rings is 1. The molecule has 2 amide bonds. The van der Waals surface area contributed by atoms with Crippen molar-refractivity contribution >= 4 is 17.7 Å². The van der Waals surface area contributed by atoms with Crippen LogP contribution in [0.3, 0.4) is 0 Å². The monoisotopic (exact) mass is 282 g/mol. The van der Waals surface area contributed by atoms with E-state index < -0.39 is 17.8 Å². The van der Waals surface area contributed by atoms with Gasteiger partial charge in [0.05, 0.1) is 11.3 Å². The van der Waals surface area contributed by atoms with E-state index in [9.17, 15) is 14.0 Å². The molecule has 6 heteroatoms. The number of urea groups is 1.